The number of esters is 1. The Morgan fingerprint density at radius 2 is 2.00 bits per heavy atom. The van der Waals surface area contributed by atoms with Gasteiger partial charge in [-0.15, -0.1) is 0 Å². The van der Waals surface area contributed by atoms with Crippen LogP contribution in [0.1, 0.15) is 45.2 Å². The fraction of sp³-hybridized carbons (Fsp3) is 0.419. The molecule has 15 heteroatoms. The molecule has 0 bridgehead atoms. The fourth-order valence-corrected chi connectivity index (χ4v) is 8.87. The predicted octanol–water partition coefficient (Wildman–Crippen LogP) is 5.01. The first-order chi connectivity index (χ1) is 21.6. The summed E-state index contributed by atoms with van der Waals surface area (Å²) >= 11 is 8.31. The van der Waals surface area contributed by atoms with E-state index in [1.807, 2.05) is 28.7 Å². The van der Waals surface area contributed by atoms with E-state index in [4.69, 9.17) is 41.7 Å². The number of nitrogens with zero attached hydrogens (tertiary/aromatic N) is 1. The maximum atomic E-state index is 12.6. The van der Waals surface area contributed by atoms with Crippen LogP contribution in [0, 0.1) is 22.5 Å². The van der Waals surface area contributed by atoms with Crippen LogP contribution in [0.4, 0.5) is 10.5 Å². The molecule has 3 rings (SSSR count). The van der Waals surface area contributed by atoms with Crippen molar-refractivity contribution >= 4 is 71.4 Å². The zero-order chi connectivity index (χ0) is 34.2. The van der Waals surface area contributed by atoms with Crippen LogP contribution in [0.25, 0.3) is 0 Å². The minimum atomic E-state index is -1.64. The zero-order valence-corrected chi connectivity index (χ0v) is 30.3. The molecule has 1 amide bonds. The van der Waals surface area contributed by atoms with Gasteiger partial charge >= 0.3 is 241 Å². The summed E-state index contributed by atoms with van der Waals surface area (Å²) in [5, 5.41) is 26.0. The summed E-state index contributed by atoms with van der Waals surface area (Å²) in [6.07, 6.45) is 5.61. The van der Waals surface area contributed by atoms with E-state index >= 15 is 0 Å². The van der Waals surface area contributed by atoms with E-state index < -0.39 is 55.3 Å². The average molecular weight is 836 g/mol. The molecule has 0 saturated heterocycles. The molecular formula is C31H34ClIN2O10Se. The number of nitro groups is 1. The van der Waals surface area contributed by atoms with Crippen LogP contribution in [0.3, 0.4) is 0 Å². The summed E-state index contributed by atoms with van der Waals surface area (Å²) in [6.45, 7) is 4.88. The molecule has 1 aliphatic carbocycles. The number of methoxy groups -OCH3 is 2. The third-order valence-electron chi connectivity index (χ3n) is 6.48. The van der Waals surface area contributed by atoms with Gasteiger partial charge < -0.3 is 9.47 Å². The number of benzene rings is 2. The summed E-state index contributed by atoms with van der Waals surface area (Å²) in [5.41, 5.74) is -2.06. The Balaban J connectivity index is 1.94. The normalized spacial score (nSPS) is 18.8. The molecule has 46 heavy (non-hydrogen) atoms. The number of alkyl carbamates (subject to hydrolysis) is 1. The molecule has 0 aliphatic heterocycles. The molecule has 0 unspecified atom stereocenters. The molecule has 0 radical (unpaired) electrons. The first-order valence-electron chi connectivity index (χ1n) is 13.8. The summed E-state index contributed by atoms with van der Waals surface area (Å²) in [4.78, 5) is 35.8. The second kappa shape index (κ2) is 16.2. The van der Waals surface area contributed by atoms with E-state index in [2.05, 4.69) is 11.2 Å². The van der Waals surface area contributed by atoms with E-state index in [1.165, 1.54) is 32.4 Å². The SMILES string of the molecule is C#C[C@@H](Oc1c(Cl)cc([C@H](CC(=O)OC)NC(=O)OC(C)(C)C)cc1OCOC)[C@@]1(O)C[C@@H]([Se]c2ccccc2[N+](=O)[O-])C=C1I. The van der Waals surface area contributed by atoms with Gasteiger partial charge in [-0.3, -0.25) is 4.79 Å². The van der Waals surface area contributed by atoms with Crippen molar-refractivity contribution in [3.05, 3.63) is 66.8 Å². The zero-order valence-electron chi connectivity index (χ0n) is 25.7. The molecule has 248 valence electrons. The maximum absolute atomic E-state index is 12.6. The number of hydrogen-bond donors (Lipinski definition) is 2. The molecule has 2 aromatic rings. The first-order valence-corrected chi connectivity index (χ1v) is 17.1. The number of halogens is 2. The van der Waals surface area contributed by atoms with Gasteiger partial charge in [0.1, 0.15) is 5.60 Å². The number of aliphatic hydroxyl groups is 1. The molecular weight excluding hydrogens is 802 g/mol. The molecule has 0 saturated carbocycles. The van der Waals surface area contributed by atoms with E-state index in [0.717, 1.165) is 0 Å². The number of terminal acetylenes is 1. The van der Waals surface area contributed by atoms with Crippen molar-refractivity contribution in [2.24, 2.45) is 0 Å². The van der Waals surface area contributed by atoms with Crippen molar-refractivity contribution in [2.45, 2.75) is 61.8 Å². The van der Waals surface area contributed by atoms with Crippen LogP contribution in [-0.2, 0) is 19.0 Å². The van der Waals surface area contributed by atoms with Gasteiger partial charge in [-0.25, -0.2) is 4.79 Å². The van der Waals surface area contributed by atoms with Gasteiger partial charge in [0.05, 0.1) is 7.11 Å². The number of rotatable bonds is 13. The third-order valence-corrected chi connectivity index (χ3v) is 10.6. The van der Waals surface area contributed by atoms with Gasteiger partial charge in [-0.1, -0.05) is 0 Å². The van der Waals surface area contributed by atoms with Gasteiger partial charge in [-0.2, -0.15) is 0 Å². The Hall–Kier alpha value is -3.06. The van der Waals surface area contributed by atoms with E-state index in [1.54, 1.807) is 39.0 Å². The van der Waals surface area contributed by atoms with Crippen LogP contribution in [0.2, 0.25) is 9.84 Å². The van der Waals surface area contributed by atoms with E-state index in [-0.39, 0.29) is 46.7 Å². The second-order valence-corrected chi connectivity index (χ2v) is 15.3. The molecule has 4 atom stereocenters. The number of nitro benzene ring substituents is 1. The molecule has 0 spiro atoms. The number of hydrogen-bond acceptors (Lipinski definition) is 10. The van der Waals surface area contributed by atoms with Crippen molar-refractivity contribution < 1.29 is 43.3 Å². The summed E-state index contributed by atoms with van der Waals surface area (Å²) < 4.78 is 28.3. The number of carbonyl (C=O) groups is 2. The molecule has 2 N–H and O–H groups in total. The van der Waals surface area contributed by atoms with Gasteiger partial charge in [0, 0.05) is 0 Å². The quantitative estimate of drug-likeness (QED) is 0.0535. The van der Waals surface area contributed by atoms with Crippen LogP contribution < -0.4 is 19.3 Å². The fourth-order valence-electron chi connectivity index (χ4n) is 4.42. The van der Waals surface area contributed by atoms with Crippen LogP contribution in [-0.4, -0.2) is 75.4 Å². The topological polar surface area (TPSA) is 156 Å². The Morgan fingerprint density at radius 3 is 2.61 bits per heavy atom. The number of carbonyl (C=O) groups excluding carboxylic acids is 2. The number of nitrogens with one attached hydrogen (secondary N) is 1. The molecule has 0 fully saturated rings. The van der Waals surface area contributed by atoms with Gasteiger partial charge in [-0.05, 0) is 20.8 Å². The van der Waals surface area contributed by atoms with Crippen LogP contribution in [0.15, 0.2) is 46.1 Å². The van der Waals surface area contributed by atoms with Crippen molar-refractivity contribution in [3.8, 4) is 23.8 Å². The Labute approximate surface area is 291 Å². The molecule has 1 aliphatic rings. The molecule has 2 aromatic carbocycles. The monoisotopic (exact) mass is 836 g/mol. The number of allylic oxidation sites excluding steroid dienone is 1. The number of para-hydroxylation sites is 1. The predicted molar refractivity (Wildman–Crippen MR) is 180 cm³/mol. The van der Waals surface area contributed by atoms with Crippen molar-refractivity contribution in [1.82, 2.24) is 5.32 Å². The van der Waals surface area contributed by atoms with Gasteiger partial charge in [0.15, 0.2) is 0 Å². The average Bonchev–Trinajstić information content (AvgIpc) is 3.26. The Kier molecular flexibility index (Phi) is 13.1. The van der Waals surface area contributed by atoms with Crippen molar-refractivity contribution in [2.75, 3.05) is 21.0 Å². The molecule has 12 nitrogen and oxygen atoms in total. The summed E-state index contributed by atoms with van der Waals surface area (Å²) in [5.74, 6) is 1.95. The van der Waals surface area contributed by atoms with E-state index in [9.17, 15) is 24.8 Å². The van der Waals surface area contributed by atoms with Gasteiger partial charge in [0.25, 0.3) is 0 Å². The second-order valence-electron chi connectivity index (χ2n) is 11.0. The standard InChI is InChI=1S/C31H34ClIN2O10Se/c1-7-26(31(38)16-19(14-25(31)33)46-24-11-9-8-10-22(24)35(39)40)44-28-20(32)12-18(13-23(28)43-17-41-5)21(15-27(36)42-6)34-29(37)45-30(2,3)4/h1,8-14,19,21,26,38H,15-17H2,2-6H3,(H,34,37)/t19-,21-,26+,31+/m0/s1. The summed E-state index contributed by atoms with van der Waals surface area (Å²) in [6, 6.07) is 8.53. The van der Waals surface area contributed by atoms with Gasteiger partial charge in [0.2, 0.25) is 0 Å². The van der Waals surface area contributed by atoms with E-state index in [0.29, 0.717) is 13.6 Å². The Morgan fingerprint density at radius 1 is 1.30 bits per heavy atom. The number of ether oxygens (including phenoxy) is 5. The van der Waals surface area contributed by atoms with Crippen molar-refractivity contribution in [3.63, 3.8) is 0 Å². The minimum absolute atomic E-state index is 0.00553. The van der Waals surface area contributed by atoms with Crippen LogP contribution in [0.5, 0.6) is 11.5 Å². The summed E-state index contributed by atoms with van der Waals surface area (Å²) in [7, 11) is 2.63. The molecule has 0 aromatic heterocycles. The Bertz CT molecular complexity index is 1530. The van der Waals surface area contributed by atoms with Crippen molar-refractivity contribution in [1.29, 1.82) is 0 Å². The molecule has 0 heterocycles. The number of amides is 1. The third kappa shape index (κ3) is 9.73. The first kappa shape index (κ1) is 37.4. The van der Waals surface area contributed by atoms with Crippen LogP contribution >= 0.6 is 34.2 Å².